The van der Waals surface area contributed by atoms with Gasteiger partial charge in [0.25, 0.3) is 0 Å². The minimum atomic E-state index is -0.445. The van der Waals surface area contributed by atoms with Crippen molar-refractivity contribution >= 4 is 11.7 Å². The smallest absolute Gasteiger partial charge is 0.231 e. The Morgan fingerprint density at radius 2 is 1.96 bits per heavy atom. The summed E-state index contributed by atoms with van der Waals surface area (Å²) in [5, 5.41) is 0. The Labute approximate surface area is 134 Å². The Bertz CT molecular complexity index is 728. The van der Waals surface area contributed by atoms with Gasteiger partial charge in [0.2, 0.25) is 12.7 Å². The molecule has 1 amide bonds. The predicted molar refractivity (Wildman–Crippen MR) is 81.2 cm³/mol. The summed E-state index contributed by atoms with van der Waals surface area (Å²) < 4.78 is 11.1. The quantitative estimate of drug-likeness (QED) is 0.736. The second kappa shape index (κ2) is 4.49. The number of carbonyl (C=O) groups excluding carboxylic acids is 2. The van der Waals surface area contributed by atoms with Crippen LogP contribution >= 0.6 is 0 Å². The molecule has 23 heavy (non-hydrogen) atoms. The summed E-state index contributed by atoms with van der Waals surface area (Å²) in [6.07, 6.45) is 4.29. The number of benzene rings is 1. The zero-order valence-corrected chi connectivity index (χ0v) is 13.0. The van der Waals surface area contributed by atoms with Crippen LogP contribution in [-0.2, 0) is 21.5 Å². The van der Waals surface area contributed by atoms with Crippen LogP contribution < -0.4 is 9.47 Å². The summed E-state index contributed by atoms with van der Waals surface area (Å²) in [7, 11) is 0. The zero-order valence-electron chi connectivity index (χ0n) is 13.0. The van der Waals surface area contributed by atoms with Gasteiger partial charge in [-0.05, 0) is 48.4 Å². The second-order valence-electron chi connectivity index (χ2n) is 7.09. The van der Waals surface area contributed by atoms with Crippen LogP contribution in [0.3, 0.4) is 0 Å². The average molecular weight is 313 g/mol. The fraction of sp³-hybridized carbons (Fsp3) is 0.556. The molecular weight excluding hydrogens is 294 g/mol. The molecule has 1 saturated heterocycles. The first-order valence-corrected chi connectivity index (χ1v) is 8.43. The number of hydrogen-bond donors (Lipinski definition) is 0. The van der Waals surface area contributed by atoms with E-state index in [1.54, 1.807) is 0 Å². The molecule has 0 aromatic heterocycles. The lowest BCUT2D eigenvalue weighted by molar-refractivity contribution is -0.134. The third-order valence-corrected chi connectivity index (χ3v) is 6.01. The van der Waals surface area contributed by atoms with E-state index < -0.39 is 5.54 Å². The van der Waals surface area contributed by atoms with Crippen molar-refractivity contribution in [3.05, 3.63) is 23.3 Å². The first-order chi connectivity index (χ1) is 11.2. The Hall–Kier alpha value is -2.04. The van der Waals surface area contributed by atoms with Gasteiger partial charge < -0.3 is 14.4 Å². The molecule has 2 fully saturated rings. The van der Waals surface area contributed by atoms with E-state index in [0.29, 0.717) is 19.3 Å². The van der Waals surface area contributed by atoms with Gasteiger partial charge in [-0.3, -0.25) is 9.59 Å². The topological polar surface area (TPSA) is 55.8 Å². The second-order valence-corrected chi connectivity index (χ2v) is 7.09. The molecule has 0 radical (unpaired) electrons. The normalized spacial score (nSPS) is 31.5. The Kier molecular flexibility index (Phi) is 2.62. The molecule has 1 aromatic carbocycles. The van der Waals surface area contributed by atoms with Crippen LogP contribution in [0.5, 0.6) is 11.5 Å². The van der Waals surface area contributed by atoms with E-state index in [-0.39, 0.29) is 24.4 Å². The number of nitrogens with zero attached hydrogens (tertiary/aromatic N) is 1. The number of hydrogen-bond acceptors (Lipinski definition) is 4. The highest BCUT2D eigenvalue weighted by molar-refractivity contribution is 5.87. The van der Waals surface area contributed by atoms with Crippen molar-refractivity contribution in [3.8, 4) is 11.5 Å². The van der Waals surface area contributed by atoms with Crippen LogP contribution in [0, 0.1) is 5.92 Å². The maximum absolute atomic E-state index is 12.6. The monoisotopic (exact) mass is 313 g/mol. The van der Waals surface area contributed by atoms with Crippen LogP contribution in [0.4, 0.5) is 0 Å². The molecule has 5 nitrogen and oxygen atoms in total. The zero-order chi connectivity index (χ0) is 15.6. The lowest BCUT2D eigenvalue weighted by Crippen LogP contribution is -2.50. The van der Waals surface area contributed by atoms with Crippen molar-refractivity contribution in [2.45, 2.75) is 44.1 Å². The molecule has 3 heterocycles. The number of aryl methyl sites for hydroxylation is 1. The van der Waals surface area contributed by atoms with Crippen molar-refractivity contribution in [2.24, 2.45) is 5.92 Å². The molecule has 0 N–H and O–H groups in total. The summed E-state index contributed by atoms with van der Waals surface area (Å²) in [4.78, 5) is 27.0. The molecule has 1 aliphatic carbocycles. The van der Waals surface area contributed by atoms with Gasteiger partial charge in [-0.2, -0.15) is 0 Å². The molecule has 1 aromatic rings. The number of fused-ring (bicyclic) bond motifs is 2. The summed E-state index contributed by atoms with van der Waals surface area (Å²) >= 11 is 0. The van der Waals surface area contributed by atoms with Gasteiger partial charge in [-0.25, -0.2) is 0 Å². The van der Waals surface area contributed by atoms with Gasteiger partial charge in [0.05, 0.1) is 5.54 Å². The Balaban J connectivity index is 1.76. The molecule has 4 aliphatic rings. The molecule has 3 aliphatic heterocycles. The number of ether oxygens (including phenoxy) is 2. The van der Waals surface area contributed by atoms with Crippen LogP contribution in [-0.4, -0.2) is 29.9 Å². The number of amides is 1. The first-order valence-electron chi connectivity index (χ1n) is 8.43. The highest BCUT2D eigenvalue weighted by atomic mass is 16.7. The van der Waals surface area contributed by atoms with Crippen molar-refractivity contribution in [1.82, 2.24) is 4.90 Å². The van der Waals surface area contributed by atoms with E-state index >= 15 is 0 Å². The Morgan fingerprint density at radius 3 is 2.83 bits per heavy atom. The molecule has 1 saturated carbocycles. The molecule has 5 heteroatoms. The number of ketones is 1. The molecule has 0 bridgehead atoms. The first kappa shape index (κ1) is 13.4. The third kappa shape index (κ3) is 1.68. The van der Waals surface area contributed by atoms with Crippen molar-refractivity contribution < 1.29 is 19.1 Å². The van der Waals surface area contributed by atoms with Crippen LogP contribution in [0.1, 0.15) is 43.2 Å². The fourth-order valence-corrected chi connectivity index (χ4v) is 5.04. The van der Waals surface area contributed by atoms with E-state index in [2.05, 4.69) is 6.07 Å². The largest absolute Gasteiger partial charge is 0.454 e. The molecule has 1 spiro atoms. The van der Waals surface area contributed by atoms with Crippen LogP contribution in [0.2, 0.25) is 0 Å². The van der Waals surface area contributed by atoms with E-state index in [9.17, 15) is 9.59 Å². The minimum Gasteiger partial charge on any atom is -0.454 e. The van der Waals surface area contributed by atoms with Gasteiger partial charge in [-0.1, -0.05) is 0 Å². The highest BCUT2D eigenvalue weighted by Gasteiger charge is 2.57. The van der Waals surface area contributed by atoms with Crippen molar-refractivity contribution in [2.75, 3.05) is 13.3 Å². The maximum Gasteiger partial charge on any atom is 0.231 e. The van der Waals surface area contributed by atoms with Crippen molar-refractivity contribution in [3.63, 3.8) is 0 Å². The van der Waals surface area contributed by atoms with Gasteiger partial charge in [0.1, 0.15) is 5.78 Å². The summed E-state index contributed by atoms with van der Waals surface area (Å²) in [6.45, 7) is 0.986. The Morgan fingerprint density at radius 1 is 1.13 bits per heavy atom. The third-order valence-electron chi connectivity index (χ3n) is 6.01. The summed E-state index contributed by atoms with van der Waals surface area (Å²) in [5.41, 5.74) is 1.90. The molecule has 120 valence electrons. The standard InChI is InChI=1S/C18H19NO4/c20-13-4-3-12-7-17(21)19-5-1-2-11-6-15-16(23-10-22-15)8-14(11)18(12,19)9-13/h6,8,12H,1-5,7,9-10H2/t12-,18-/m0/s1. The van der Waals surface area contributed by atoms with Gasteiger partial charge in [-0.15, -0.1) is 0 Å². The number of Topliss-reactive ketones (excluding diaryl/α,β-unsaturated/α-hetero) is 1. The van der Waals surface area contributed by atoms with E-state index in [0.717, 1.165) is 42.9 Å². The van der Waals surface area contributed by atoms with Gasteiger partial charge in [0, 0.05) is 25.8 Å². The van der Waals surface area contributed by atoms with E-state index in [1.165, 1.54) is 5.56 Å². The van der Waals surface area contributed by atoms with Gasteiger partial charge in [0.15, 0.2) is 11.5 Å². The molecule has 0 unspecified atom stereocenters. The number of rotatable bonds is 0. The van der Waals surface area contributed by atoms with Crippen LogP contribution in [0.25, 0.3) is 0 Å². The van der Waals surface area contributed by atoms with Crippen LogP contribution in [0.15, 0.2) is 12.1 Å². The maximum atomic E-state index is 12.6. The molecule has 5 rings (SSSR count). The summed E-state index contributed by atoms with van der Waals surface area (Å²) in [6, 6.07) is 4.11. The fourth-order valence-electron chi connectivity index (χ4n) is 5.04. The molecule has 2 atom stereocenters. The SMILES string of the molecule is O=C1CC[C@H]2CC(=O)N3CCCc4cc5c(cc4[C@]23C1)OCO5. The highest BCUT2D eigenvalue weighted by Crippen LogP contribution is 2.55. The lowest BCUT2D eigenvalue weighted by atomic mass is 9.68. The summed E-state index contributed by atoms with van der Waals surface area (Å²) in [5.74, 6) is 2.25. The lowest BCUT2D eigenvalue weighted by Gasteiger charge is -2.44. The van der Waals surface area contributed by atoms with Gasteiger partial charge >= 0.3 is 0 Å². The van der Waals surface area contributed by atoms with E-state index in [1.807, 2.05) is 11.0 Å². The minimum absolute atomic E-state index is 0.204. The average Bonchev–Trinajstić information content (AvgIpc) is 3.05. The molecular formula is C18H19NO4. The van der Waals surface area contributed by atoms with E-state index in [4.69, 9.17) is 9.47 Å². The predicted octanol–water partition coefficient (Wildman–Crippen LogP) is 2.16. The number of carbonyl (C=O) groups is 2. The van der Waals surface area contributed by atoms with Crippen molar-refractivity contribution in [1.29, 1.82) is 0 Å².